The third kappa shape index (κ3) is 5.56. The van der Waals surface area contributed by atoms with E-state index in [1.54, 1.807) is 47.0 Å². The number of nitrogens with one attached hydrogen (secondary N) is 3. The van der Waals surface area contributed by atoms with E-state index < -0.39 is 11.8 Å². The molecule has 9 nitrogen and oxygen atoms in total. The minimum Gasteiger partial charge on any atom is -0.333 e. The number of imidazole rings is 1. The van der Waals surface area contributed by atoms with Gasteiger partial charge in [-0.05, 0) is 47.5 Å². The molecule has 2 heterocycles. The fourth-order valence-corrected chi connectivity index (χ4v) is 4.26. The summed E-state index contributed by atoms with van der Waals surface area (Å²) in [4.78, 5) is 36.6. The number of carbonyl (C=O) groups is 2. The van der Waals surface area contributed by atoms with Crippen molar-refractivity contribution in [2.24, 2.45) is 0 Å². The average Bonchev–Trinajstić information content (AvgIpc) is 3.56. The van der Waals surface area contributed by atoms with Crippen LogP contribution in [-0.2, 0) is 12.3 Å². The lowest BCUT2D eigenvalue weighted by molar-refractivity contribution is 0.0846. The summed E-state index contributed by atoms with van der Waals surface area (Å²) >= 11 is 1.59. The van der Waals surface area contributed by atoms with Gasteiger partial charge in [0.1, 0.15) is 12.7 Å². The number of fused-ring (bicyclic) bond motifs is 1. The molecule has 3 N–H and O–H groups in total. The number of para-hydroxylation sites is 2. The zero-order valence-electron chi connectivity index (χ0n) is 18.5. The number of hydrogen-bond acceptors (Lipinski definition) is 6. The molecule has 174 valence electrons. The molecule has 5 rings (SSSR count). The van der Waals surface area contributed by atoms with Crippen LogP contribution < -0.4 is 10.9 Å². The zero-order chi connectivity index (χ0) is 24.0. The Kier molecular flexibility index (Phi) is 6.53. The van der Waals surface area contributed by atoms with Crippen molar-refractivity contribution >= 4 is 34.6 Å². The van der Waals surface area contributed by atoms with Crippen molar-refractivity contribution in [2.75, 3.05) is 0 Å². The fraction of sp³-hybridized carbons (Fsp3) is 0.0800. The number of hydrogen-bond donors (Lipinski definition) is 3. The zero-order valence-corrected chi connectivity index (χ0v) is 19.3. The van der Waals surface area contributed by atoms with Crippen molar-refractivity contribution in [1.29, 1.82) is 0 Å². The summed E-state index contributed by atoms with van der Waals surface area (Å²) in [5, 5.41) is 4.91. The number of aromatic amines is 1. The lowest BCUT2D eigenvalue weighted by atomic mass is 10.1. The number of carbonyl (C=O) groups excluding carboxylic acids is 2. The largest absolute Gasteiger partial charge is 0.333 e. The van der Waals surface area contributed by atoms with Crippen LogP contribution in [0.4, 0.5) is 0 Å². The van der Waals surface area contributed by atoms with E-state index in [4.69, 9.17) is 0 Å². The second kappa shape index (κ2) is 10.2. The highest BCUT2D eigenvalue weighted by Gasteiger charge is 2.10. The van der Waals surface area contributed by atoms with Gasteiger partial charge in [0.25, 0.3) is 11.8 Å². The van der Waals surface area contributed by atoms with Crippen LogP contribution in [-0.4, -0.2) is 36.5 Å². The van der Waals surface area contributed by atoms with Crippen molar-refractivity contribution in [3.63, 3.8) is 0 Å². The van der Waals surface area contributed by atoms with Crippen LogP contribution in [0.5, 0.6) is 0 Å². The van der Waals surface area contributed by atoms with Crippen LogP contribution >= 0.6 is 11.8 Å². The van der Waals surface area contributed by atoms with Crippen LogP contribution in [0.15, 0.2) is 90.6 Å². The van der Waals surface area contributed by atoms with Gasteiger partial charge >= 0.3 is 0 Å². The van der Waals surface area contributed by atoms with Gasteiger partial charge in [-0.2, -0.15) is 5.10 Å². The number of thioether (sulfide) groups is 1. The third-order valence-corrected chi connectivity index (χ3v) is 6.22. The molecule has 0 saturated carbocycles. The Morgan fingerprint density at radius 1 is 0.857 bits per heavy atom. The molecule has 2 amide bonds. The van der Waals surface area contributed by atoms with Gasteiger partial charge in [-0.3, -0.25) is 20.4 Å². The minimum atomic E-state index is -0.399. The van der Waals surface area contributed by atoms with Crippen LogP contribution in [0.3, 0.4) is 0 Å². The van der Waals surface area contributed by atoms with Crippen LogP contribution in [0.25, 0.3) is 11.0 Å². The molecular weight excluding hydrogens is 462 g/mol. The first-order valence-electron chi connectivity index (χ1n) is 10.8. The van der Waals surface area contributed by atoms with E-state index in [1.165, 1.54) is 6.33 Å². The lowest BCUT2D eigenvalue weighted by Crippen LogP contribution is -2.41. The number of amides is 2. The molecule has 5 aromatic rings. The van der Waals surface area contributed by atoms with E-state index in [1.807, 2.05) is 48.5 Å². The summed E-state index contributed by atoms with van der Waals surface area (Å²) in [5.41, 5.74) is 9.78. The highest BCUT2D eigenvalue weighted by molar-refractivity contribution is 7.98. The van der Waals surface area contributed by atoms with E-state index >= 15 is 0 Å². The molecule has 0 aliphatic carbocycles. The molecular formula is C25H21N7O2S. The van der Waals surface area contributed by atoms with Crippen molar-refractivity contribution in [1.82, 2.24) is 35.6 Å². The van der Waals surface area contributed by atoms with Gasteiger partial charge in [0.05, 0.1) is 17.6 Å². The molecule has 0 bridgehead atoms. The number of aromatic nitrogens is 5. The Labute approximate surface area is 205 Å². The van der Waals surface area contributed by atoms with E-state index in [9.17, 15) is 9.59 Å². The molecule has 2 aromatic heterocycles. The van der Waals surface area contributed by atoms with Gasteiger partial charge < -0.3 is 4.98 Å². The quantitative estimate of drug-likeness (QED) is 0.241. The number of benzene rings is 3. The second-order valence-corrected chi connectivity index (χ2v) is 8.71. The van der Waals surface area contributed by atoms with Gasteiger partial charge in [-0.1, -0.05) is 48.2 Å². The predicted molar refractivity (Wildman–Crippen MR) is 133 cm³/mol. The van der Waals surface area contributed by atoms with Crippen LogP contribution in [0.2, 0.25) is 0 Å². The Balaban J connectivity index is 1.11. The van der Waals surface area contributed by atoms with Gasteiger partial charge in [0.2, 0.25) is 0 Å². The summed E-state index contributed by atoms with van der Waals surface area (Å²) in [5.74, 6) is -0.0760. The maximum Gasteiger partial charge on any atom is 0.269 e. The minimum absolute atomic E-state index is 0.391. The molecule has 0 unspecified atom stereocenters. The van der Waals surface area contributed by atoms with Crippen molar-refractivity contribution in [3.8, 4) is 0 Å². The van der Waals surface area contributed by atoms with Crippen molar-refractivity contribution < 1.29 is 9.59 Å². The number of rotatable bonds is 7. The van der Waals surface area contributed by atoms with E-state index in [2.05, 4.69) is 30.9 Å². The van der Waals surface area contributed by atoms with Crippen LogP contribution in [0.1, 0.15) is 31.8 Å². The van der Waals surface area contributed by atoms with E-state index in [0.29, 0.717) is 23.4 Å². The normalized spacial score (nSPS) is 10.9. The van der Waals surface area contributed by atoms with Crippen molar-refractivity contribution in [2.45, 2.75) is 17.5 Å². The maximum absolute atomic E-state index is 12.4. The molecule has 0 radical (unpaired) electrons. The first-order chi connectivity index (χ1) is 17.1. The lowest BCUT2D eigenvalue weighted by Gasteiger charge is -2.09. The number of hydrazine groups is 1. The molecule has 0 saturated heterocycles. The van der Waals surface area contributed by atoms with Crippen molar-refractivity contribution in [3.05, 3.63) is 108 Å². The van der Waals surface area contributed by atoms with E-state index in [0.717, 1.165) is 27.3 Å². The highest BCUT2D eigenvalue weighted by atomic mass is 32.2. The van der Waals surface area contributed by atoms with E-state index in [-0.39, 0.29) is 0 Å². The Bertz CT molecular complexity index is 1410. The standard InChI is InChI=1S/C25H21N7O2S/c33-23(19-9-5-17(6-10-19)13-32-16-26-15-27-32)30-31-24(34)20-11-7-18(8-12-20)14-35-25-28-21-3-1-2-4-22(21)29-25/h1-12,15-16H,13-14H2,(H,28,29)(H,30,33)(H,31,34). The molecule has 0 aliphatic heterocycles. The van der Waals surface area contributed by atoms with Gasteiger partial charge in [-0.15, -0.1) is 0 Å². The smallest absolute Gasteiger partial charge is 0.269 e. The monoisotopic (exact) mass is 483 g/mol. The fourth-order valence-electron chi connectivity index (χ4n) is 3.42. The summed E-state index contributed by atoms with van der Waals surface area (Å²) in [6.45, 7) is 0.561. The third-order valence-electron chi connectivity index (χ3n) is 5.28. The Morgan fingerprint density at radius 3 is 2.14 bits per heavy atom. The second-order valence-electron chi connectivity index (χ2n) is 7.74. The molecule has 35 heavy (non-hydrogen) atoms. The summed E-state index contributed by atoms with van der Waals surface area (Å²) in [6.07, 6.45) is 3.10. The average molecular weight is 484 g/mol. The molecule has 3 aromatic carbocycles. The number of H-pyrrole nitrogens is 1. The first kappa shape index (κ1) is 22.4. The molecule has 10 heteroatoms. The van der Waals surface area contributed by atoms with Crippen LogP contribution in [0, 0.1) is 0 Å². The Morgan fingerprint density at radius 2 is 1.51 bits per heavy atom. The summed E-state index contributed by atoms with van der Waals surface area (Å²) in [6, 6.07) is 22.2. The molecule has 0 atom stereocenters. The van der Waals surface area contributed by atoms with Gasteiger partial charge in [0.15, 0.2) is 5.16 Å². The maximum atomic E-state index is 12.4. The topological polar surface area (TPSA) is 118 Å². The summed E-state index contributed by atoms with van der Waals surface area (Å²) < 4.78 is 1.69. The highest BCUT2D eigenvalue weighted by Crippen LogP contribution is 2.23. The van der Waals surface area contributed by atoms with Gasteiger partial charge in [0, 0.05) is 16.9 Å². The van der Waals surface area contributed by atoms with Gasteiger partial charge in [-0.25, -0.2) is 14.6 Å². The molecule has 0 aliphatic rings. The predicted octanol–water partition coefficient (Wildman–Crippen LogP) is 3.57. The SMILES string of the molecule is O=C(NNC(=O)c1ccc(Cn2cncn2)cc1)c1ccc(CSc2nc3ccccc3[nH]2)cc1. The molecule has 0 fully saturated rings. The first-order valence-corrected chi connectivity index (χ1v) is 11.8. The Hall–Kier alpha value is -4.44. The molecule has 0 spiro atoms. The number of nitrogens with zero attached hydrogens (tertiary/aromatic N) is 4. The summed E-state index contributed by atoms with van der Waals surface area (Å²) in [7, 11) is 0.